The Kier molecular flexibility index (Phi) is 8.94. The lowest BCUT2D eigenvalue weighted by Gasteiger charge is -2.41. The van der Waals surface area contributed by atoms with Crippen molar-refractivity contribution in [1.82, 2.24) is 24.1 Å². The molecule has 0 spiro atoms. The van der Waals surface area contributed by atoms with E-state index in [0.29, 0.717) is 53.8 Å². The van der Waals surface area contributed by atoms with Crippen molar-refractivity contribution < 1.29 is 18.0 Å². The zero-order valence-electron chi connectivity index (χ0n) is 24.6. The minimum absolute atomic E-state index is 0.0736. The summed E-state index contributed by atoms with van der Waals surface area (Å²) in [6.07, 6.45) is -1.22. The van der Waals surface area contributed by atoms with Crippen LogP contribution < -0.4 is 10.2 Å². The van der Waals surface area contributed by atoms with Gasteiger partial charge in [-0.3, -0.25) is 4.68 Å². The summed E-state index contributed by atoms with van der Waals surface area (Å²) in [4.78, 5) is 22.3. The predicted octanol–water partition coefficient (Wildman–Crippen LogP) is 7.08. The Morgan fingerprint density at radius 2 is 1.93 bits per heavy atom. The molecular formula is C30H36F3N7OS2. The Bertz CT molecular complexity index is 1580. The van der Waals surface area contributed by atoms with E-state index < -0.39 is 17.3 Å². The standard InChI is InChI=1S/C30H36F3N7OS2/c1-20(2)17-40-24(16-25(36-40)30(31,32)33)26-23-8-5-6-15-39(23)27(35-26)29(19-43-42)13-7-14-38(18-29)28(41)34-21-9-11-22(12-10-21)37(3)4/h5-6,8-12,15-16,20,42H,7,13-14,17-19H2,1-4H3,(H,34,41)/t29-/m0/s1. The molecule has 43 heavy (non-hydrogen) atoms. The number of likely N-dealkylation sites (tertiary alicyclic amines) is 1. The number of rotatable bonds is 8. The molecule has 3 aromatic heterocycles. The normalized spacial score (nSPS) is 17.6. The topological polar surface area (TPSA) is 70.7 Å². The first kappa shape index (κ1) is 31.1. The Morgan fingerprint density at radius 1 is 1.19 bits per heavy atom. The summed E-state index contributed by atoms with van der Waals surface area (Å²) in [5, 5.41) is 6.95. The van der Waals surface area contributed by atoms with Gasteiger partial charge in [0.2, 0.25) is 0 Å². The minimum Gasteiger partial charge on any atom is -0.378 e. The van der Waals surface area contributed by atoms with Crippen LogP contribution in [-0.4, -0.2) is 63.0 Å². The van der Waals surface area contributed by atoms with Gasteiger partial charge in [-0.15, -0.1) is 11.7 Å². The van der Waals surface area contributed by atoms with Crippen molar-refractivity contribution in [3.8, 4) is 11.4 Å². The zero-order valence-corrected chi connectivity index (χ0v) is 26.3. The Labute approximate surface area is 258 Å². The van der Waals surface area contributed by atoms with Crippen molar-refractivity contribution in [2.24, 2.45) is 5.92 Å². The van der Waals surface area contributed by atoms with Crippen molar-refractivity contribution in [2.75, 3.05) is 43.2 Å². The summed E-state index contributed by atoms with van der Waals surface area (Å²) < 4.78 is 44.7. The molecule has 1 aliphatic heterocycles. The molecule has 1 aliphatic rings. The second-order valence-corrected chi connectivity index (χ2v) is 13.0. The number of anilines is 2. The van der Waals surface area contributed by atoms with E-state index in [1.807, 2.05) is 85.9 Å². The molecule has 0 saturated carbocycles. The summed E-state index contributed by atoms with van der Waals surface area (Å²) in [6, 6.07) is 14.1. The second kappa shape index (κ2) is 12.4. The fourth-order valence-electron chi connectivity index (χ4n) is 5.67. The lowest BCUT2D eigenvalue weighted by Crippen LogP contribution is -2.51. The van der Waals surface area contributed by atoms with Crippen LogP contribution >= 0.6 is 22.5 Å². The molecule has 0 radical (unpaired) electrons. The van der Waals surface area contributed by atoms with E-state index in [1.54, 1.807) is 4.90 Å². The number of carbonyl (C=O) groups is 1. The van der Waals surface area contributed by atoms with E-state index in [1.165, 1.54) is 15.5 Å². The third-order valence-corrected chi connectivity index (χ3v) is 8.78. The van der Waals surface area contributed by atoms with Gasteiger partial charge >= 0.3 is 12.2 Å². The molecule has 13 heteroatoms. The van der Waals surface area contributed by atoms with Crippen LogP contribution in [0.3, 0.4) is 0 Å². The van der Waals surface area contributed by atoms with Crippen molar-refractivity contribution >= 4 is 45.4 Å². The van der Waals surface area contributed by atoms with Gasteiger partial charge in [-0.1, -0.05) is 30.7 Å². The third-order valence-electron chi connectivity index (χ3n) is 7.71. The minimum atomic E-state index is -4.58. The van der Waals surface area contributed by atoms with Gasteiger partial charge in [0.05, 0.1) is 16.6 Å². The number of hydrogen-bond acceptors (Lipinski definition) is 6. The molecule has 230 valence electrons. The lowest BCUT2D eigenvalue weighted by atomic mass is 9.80. The number of nitrogens with one attached hydrogen (secondary N) is 1. The molecule has 0 bridgehead atoms. The highest BCUT2D eigenvalue weighted by Gasteiger charge is 2.43. The second-order valence-electron chi connectivity index (χ2n) is 11.7. The summed E-state index contributed by atoms with van der Waals surface area (Å²) in [6.45, 7) is 5.15. The Balaban J connectivity index is 1.54. The highest BCUT2D eigenvalue weighted by Crippen LogP contribution is 2.41. The number of imidazole rings is 1. The van der Waals surface area contributed by atoms with Gasteiger partial charge in [0.1, 0.15) is 11.5 Å². The number of amides is 2. The van der Waals surface area contributed by atoms with E-state index >= 15 is 0 Å². The van der Waals surface area contributed by atoms with Gasteiger partial charge < -0.3 is 19.5 Å². The molecule has 1 atom stereocenters. The number of nitrogens with zero attached hydrogens (tertiary/aromatic N) is 6. The number of halogens is 3. The maximum atomic E-state index is 13.8. The molecule has 0 aliphatic carbocycles. The summed E-state index contributed by atoms with van der Waals surface area (Å²) in [5.74, 6) is 1.33. The lowest BCUT2D eigenvalue weighted by molar-refractivity contribution is -0.141. The van der Waals surface area contributed by atoms with Gasteiger partial charge in [-0.05, 0) is 61.2 Å². The van der Waals surface area contributed by atoms with Gasteiger partial charge in [-0.2, -0.15) is 18.3 Å². The number of carbonyl (C=O) groups excluding carboxylic acids is 1. The molecule has 1 N–H and O–H groups in total. The van der Waals surface area contributed by atoms with E-state index in [4.69, 9.17) is 4.98 Å². The number of fused-ring (bicyclic) bond motifs is 1. The Morgan fingerprint density at radius 3 is 2.58 bits per heavy atom. The van der Waals surface area contributed by atoms with Crippen LogP contribution in [0.4, 0.5) is 29.3 Å². The van der Waals surface area contributed by atoms with Gasteiger partial charge in [-0.25, -0.2) is 9.78 Å². The fraction of sp³-hybridized carbons (Fsp3) is 0.433. The zero-order chi connectivity index (χ0) is 30.9. The average Bonchev–Trinajstić information content (AvgIpc) is 3.55. The molecule has 5 rings (SSSR count). The van der Waals surface area contributed by atoms with Crippen LogP contribution in [0.25, 0.3) is 16.9 Å². The molecule has 1 saturated heterocycles. The number of benzene rings is 1. The first-order valence-electron chi connectivity index (χ1n) is 14.1. The van der Waals surface area contributed by atoms with Crippen molar-refractivity contribution in [2.45, 2.75) is 44.8 Å². The molecule has 1 fully saturated rings. The van der Waals surface area contributed by atoms with Crippen LogP contribution in [0, 0.1) is 5.92 Å². The largest absolute Gasteiger partial charge is 0.435 e. The number of aromatic nitrogens is 4. The molecule has 0 unspecified atom stereocenters. The number of pyridine rings is 1. The average molecular weight is 632 g/mol. The SMILES string of the molecule is CC(C)Cn1nc(C(F)(F)F)cc1-c1nc([C@@]2(CSS)CCCN(C(=O)Nc3ccc(N(C)C)cc3)C2)n2ccccc12. The smallest absolute Gasteiger partial charge is 0.378 e. The maximum absolute atomic E-state index is 13.8. The number of hydrogen-bond donors (Lipinski definition) is 2. The first-order valence-corrected chi connectivity index (χ1v) is 16.2. The maximum Gasteiger partial charge on any atom is 0.435 e. The molecule has 2 amide bonds. The highest BCUT2D eigenvalue weighted by molar-refractivity contribution is 8.68. The van der Waals surface area contributed by atoms with E-state index in [9.17, 15) is 18.0 Å². The molecule has 8 nitrogen and oxygen atoms in total. The number of urea groups is 1. The van der Waals surface area contributed by atoms with Crippen LogP contribution in [0.15, 0.2) is 54.7 Å². The monoisotopic (exact) mass is 631 g/mol. The third kappa shape index (κ3) is 6.47. The van der Waals surface area contributed by atoms with Gasteiger partial charge in [0.25, 0.3) is 0 Å². The van der Waals surface area contributed by atoms with Crippen molar-refractivity contribution in [3.63, 3.8) is 0 Å². The number of piperidine rings is 1. The van der Waals surface area contributed by atoms with Crippen LogP contribution in [-0.2, 0) is 18.1 Å². The Hall–Kier alpha value is -3.32. The fourth-order valence-corrected chi connectivity index (χ4v) is 7.02. The number of alkyl halides is 3. The summed E-state index contributed by atoms with van der Waals surface area (Å²) in [7, 11) is 5.28. The predicted molar refractivity (Wildman–Crippen MR) is 170 cm³/mol. The van der Waals surface area contributed by atoms with Crippen LogP contribution in [0.1, 0.15) is 38.2 Å². The van der Waals surface area contributed by atoms with E-state index in [0.717, 1.165) is 24.6 Å². The molecule has 1 aromatic carbocycles. The van der Waals surface area contributed by atoms with Crippen molar-refractivity contribution in [1.29, 1.82) is 0 Å². The van der Waals surface area contributed by atoms with E-state index in [-0.39, 0.29) is 11.9 Å². The highest BCUT2D eigenvalue weighted by atomic mass is 33.1. The van der Waals surface area contributed by atoms with Gasteiger partial charge in [0.15, 0.2) is 5.69 Å². The summed E-state index contributed by atoms with van der Waals surface area (Å²) in [5.41, 5.74) is 1.63. The summed E-state index contributed by atoms with van der Waals surface area (Å²) >= 11 is 4.50. The van der Waals surface area contributed by atoms with Crippen molar-refractivity contribution in [3.05, 3.63) is 66.2 Å². The molecule has 4 aromatic rings. The van der Waals surface area contributed by atoms with Gasteiger partial charge in [0, 0.05) is 57.1 Å². The number of thiol groups is 1. The quantitative estimate of drug-likeness (QED) is 0.161. The first-order chi connectivity index (χ1) is 20.4. The van der Waals surface area contributed by atoms with Crippen LogP contribution in [0.2, 0.25) is 0 Å². The molecular weight excluding hydrogens is 596 g/mol. The van der Waals surface area contributed by atoms with E-state index in [2.05, 4.69) is 22.1 Å². The van der Waals surface area contributed by atoms with Crippen LogP contribution in [0.5, 0.6) is 0 Å². The molecule has 4 heterocycles.